The zero-order valence-electron chi connectivity index (χ0n) is 35.7. The molecule has 8 nitrogen and oxygen atoms in total. The molecule has 6 rings (SSSR count). The van der Waals surface area contributed by atoms with E-state index in [-0.39, 0.29) is 5.78 Å². The number of aldehydes is 2. The van der Waals surface area contributed by atoms with Crippen LogP contribution in [0, 0.1) is 0 Å². The Morgan fingerprint density at radius 3 is 1.35 bits per heavy atom. The fraction of sp³-hybridized carbons (Fsp3) is 0.500. The number of ketones is 1. The van der Waals surface area contributed by atoms with Gasteiger partial charge in [0, 0.05) is 82.4 Å². The van der Waals surface area contributed by atoms with Gasteiger partial charge in [0.1, 0.15) is 12.6 Å². The van der Waals surface area contributed by atoms with Crippen molar-refractivity contribution in [2.24, 2.45) is 0 Å². The number of carbonyl (C=O) groups excluding carboxylic acids is 3. The maximum absolute atomic E-state index is 12.7. The van der Waals surface area contributed by atoms with Crippen LogP contribution in [0.15, 0.2) is 99.8 Å². The number of piperidine rings is 1. The summed E-state index contributed by atoms with van der Waals surface area (Å²) in [5.41, 5.74) is 3.02. The van der Waals surface area contributed by atoms with Gasteiger partial charge in [0.15, 0.2) is 5.78 Å². The molecular formula is C46H67N3O5S3. The monoisotopic (exact) mass is 837 g/mol. The van der Waals surface area contributed by atoms with Crippen LogP contribution in [-0.2, 0) is 9.47 Å². The molecule has 11 heteroatoms. The van der Waals surface area contributed by atoms with Gasteiger partial charge in [0.25, 0.3) is 0 Å². The van der Waals surface area contributed by atoms with E-state index in [1.54, 1.807) is 35.3 Å². The van der Waals surface area contributed by atoms with Crippen LogP contribution < -0.4 is 0 Å². The second kappa shape index (κ2) is 28.5. The molecule has 3 aromatic carbocycles. The topological polar surface area (TPSA) is 79.4 Å². The highest BCUT2D eigenvalue weighted by atomic mass is 32.2. The first-order chi connectivity index (χ1) is 27.4. The fourth-order valence-electron chi connectivity index (χ4n) is 6.10. The van der Waals surface area contributed by atoms with Gasteiger partial charge in [-0.25, -0.2) is 0 Å². The van der Waals surface area contributed by atoms with E-state index in [1.807, 2.05) is 105 Å². The Kier molecular flexibility index (Phi) is 25.1. The van der Waals surface area contributed by atoms with Crippen molar-refractivity contribution >= 4 is 53.6 Å². The summed E-state index contributed by atoms with van der Waals surface area (Å²) in [7, 11) is 0. The molecule has 3 fully saturated rings. The van der Waals surface area contributed by atoms with E-state index >= 15 is 0 Å². The Bertz CT molecular complexity index is 1510. The van der Waals surface area contributed by atoms with Gasteiger partial charge in [-0.05, 0) is 109 Å². The first kappa shape index (κ1) is 50.2. The molecule has 3 aromatic rings. The molecule has 0 amide bonds. The summed E-state index contributed by atoms with van der Waals surface area (Å²) in [6.07, 6.45) is 11.9. The Morgan fingerprint density at radius 1 is 0.649 bits per heavy atom. The number of ether oxygens (including phenoxy) is 2. The van der Waals surface area contributed by atoms with Crippen LogP contribution >= 0.6 is 35.3 Å². The molecule has 3 aliphatic heterocycles. The highest BCUT2D eigenvalue weighted by Gasteiger charge is 2.35. The van der Waals surface area contributed by atoms with E-state index in [4.69, 9.17) is 9.47 Å². The molecule has 0 atom stereocenters. The summed E-state index contributed by atoms with van der Waals surface area (Å²) >= 11 is 5.03. The molecule has 0 saturated carbocycles. The first-order valence-electron chi connectivity index (χ1n) is 19.8. The summed E-state index contributed by atoms with van der Waals surface area (Å²) in [6, 6.07) is 23.6. The van der Waals surface area contributed by atoms with Crippen LogP contribution in [0.1, 0.15) is 85.0 Å². The third kappa shape index (κ3) is 19.1. The summed E-state index contributed by atoms with van der Waals surface area (Å²) < 4.78 is 10.6. The van der Waals surface area contributed by atoms with E-state index in [0.717, 1.165) is 68.7 Å². The first-order valence-corrected chi connectivity index (χ1v) is 23.5. The SMILES string of the molecule is C=C(C)N1CCCCC1.CC(C)N1CCOCC1.CSc1ccc(C(=O)C(C)(C)N2CCOCC2)cc1.CSc1ccc(C=O)cc1.CSc1ccc(C=O)cc1. The van der Waals surface area contributed by atoms with Crippen LogP contribution in [0.5, 0.6) is 0 Å². The Labute approximate surface area is 356 Å². The van der Waals surface area contributed by atoms with Crippen molar-refractivity contribution in [1.82, 2.24) is 14.7 Å². The smallest absolute Gasteiger partial charge is 0.182 e. The van der Waals surface area contributed by atoms with E-state index < -0.39 is 5.54 Å². The number of allylic oxidation sites excluding steroid dienone is 1. The van der Waals surface area contributed by atoms with Crippen molar-refractivity contribution in [2.45, 2.75) is 80.1 Å². The van der Waals surface area contributed by atoms with E-state index in [0.29, 0.717) is 19.3 Å². The number of morpholine rings is 2. The molecule has 57 heavy (non-hydrogen) atoms. The molecule has 0 radical (unpaired) electrons. The standard InChI is InChI=1S/C15H21NO2S.C8H15N.2C8H8OS.C7H15NO/c1-15(2,16-8-10-18-11-9-16)14(17)12-4-6-13(19-3)7-5-12;1-8(2)9-6-4-3-5-7-9;2*1-10-8-4-2-7(6-9)3-5-8;1-7(2)8-3-5-9-6-4-8/h4-7H,8-11H2,1-3H3;1,3-7H2,2H3;2*2-6H,1H3;7H,3-6H2,1-2H3. The predicted molar refractivity (Wildman–Crippen MR) is 244 cm³/mol. The zero-order valence-corrected chi connectivity index (χ0v) is 38.1. The van der Waals surface area contributed by atoms with Crippen molar-refractivity contribution in [3.8, 4) is 0 Å². The fourth-order valence-corrected chi connectivity index (χ4v) is 7.32. The number of nitrogens with zero attached hydrogens (tertiary/aromatic N) is 3. The second-order valence-electron chi connectivity index (χ2n) is 14.5. The lowest BCUT2D eigenvalue weighted by Gasteiger charge is -2.39. The van der Waals surface area contributed by atoms with E-state index in [9.17, 15) is 14.4 Å². The second-order valence-corrected chi connectivity index (χ2v) is 17.2. The number of carbonyl (C=O) groups is 3. The Morgan fingerprint density at radius 2 is 1.04 bits per heavy atom. The van der Waals surface area contributed by atoms with Gasteiger partial charge in [-0.2, -0.15) is 0 Å². The molecule has 0 N–H and O–H groups in total. The van der Waals surface area contributed by atoms with Gasteiger partial charge in [-0.3, -0.25) is 24.2 Å². The molecule has 0 bridgehead atoms. The predicted octanol–water partition coefficient (Wildman–Crippen LogP) is 9.88. The number of likely N-dealkylation sites (tertiary alicyclic amines) is 1. The minimum atomic E-state index is -0.468. The maximum Gasteiger partial charge on any atom is 0.182 e. The number of benzene rings is 3. The van der Waals surface area contributed by atoms with Crippen LogP contribution in [0.3, 0.4) is 0 Å². The highest BCUT2D eigenvalue weighted by Crippen LogP contribution is 2.24. The summed E-state index contributed by atoms with van der Waals surface area (Å²) in [4.78, 5) is 43.6. The molecule has 0 aromatic heterocycles. The molecular weight excluding hydrogens is 771 g/mol. The Balaban J connectivity index is 0.000000257. The van der Waals surface area contributed by atoms with Crippen molar-refractivity contribution in [1.29, 1.82) is 0 Å². The van der Waals surface area contributed by atoms with Crippen LogP contribution in [0.25, 0.3) is 0 Å². The number of thioether (sulfide) groups is 3. The summed E-state index contributed by atoms with van der Waals surface area (Å²) in [5, 5.41) is 0. The molecule has 0 unspecified atom stereocenters. The number of rotatable bonds is 10. The van der Waals surface area contributed by atoms with Crippen molar-refractivity contribution in [2.75, 3.05) is 84.5 Å². The van der Waals surface area contributed by atoms with Crippen molar-refractivity contribution < 1.29 is 23.9 Å². The zero-order chi connectivity index (χ0) is 42.1. The van der Waals surface area contributed by atoms with Gasteiger partial charge in [0.2, 0.25) is 0 Å². The quantitative estimate of drug-likeness (QED) is 0.111. The number of Topliss-reactive ketones (excluding diaryl/α,β-unsaturated/α-hetero) is 1. The molecule has 3 aliphatic rings. The average molecular weight is 838 g/mol. The lowest BCUT2D eigenvalue weighted by molar-refractivity contribution is -0.00430. The highest BCUT2D eigenvalue weighted by molar-refractivity contribution is 7.99. The molecule has 3 saturated heterocycles. The van der Waals surface area contributed by atoms with Gasteiger partial charge < -0.3 is 14.4 Å². The molecule has 0 aliphatic carbocycles. The normalized spacial score (nSPS) is 15.8. The third-order valence-corrected chi connectivity index (χ3v) is 12.1. The van der Waals surface area contributed by atoms with Crippen molar-refractivity contribution in [3.05, 3.63) is 102 Å². The third-order valence-electron chi connectivity index (χ3n) is 9.89. The number of hydrogen-bond acceptors (Lipinski definition) is 11. The summed E-state index contributed by atoms with van der Waals surface area (Å²) in [5.74, 6) is 0.182. The average Bonchev–Trinajstić information content (AvgIpc) is 3.28. The molecule has 0 spiro atoms. The van der Waals surface area contributed by atoms with Crippen LogP contribution in [0.4, 0.5) is 0 Å². The van der Waals surface area contributed by atoms with E-state index in [2.05, 4.69) is 42.0 Å². The Hall–Kier alpha value is -2.90. The summed E-state index contributed by atoms with van der Waals surface area (Å²) in [6.45, 7) is 24.0. The number of hydrogen-bond donors (Lipinski definition) is 0. The van der Waals surface area contributed by atoms with Gasteiger partial charge in [-0.15, -0.1) is 35.3 Å². The lowest BCUT2D eigenvalue weighted by atomic mass is 9.91. The van der Waals surface area contributed by atoms with Crippen LogP contribution in [-0.4, -0.2) is 129 Å². The minimum Gasteiger partial charge on any atom is -0.379 e. The minimum absolute atomic E-state index is 0.182. The maximum atomic E-state index is 12.7. The molecule has 314 valence electrons. The van der Waals surface area contributed by atoms with Crippen LogP contribution in [0.2, 0.25) is 0 Å². The lowest BCUT2D eigenvalue weighted by Crippen LogP contribution is -2.54. The van der Waals surface area contributed by atoms with Gasteiger partial charge in [0.05, 0.1) is 32.0 Å². The van der Waals surface area contributed by atoms with Crippen molar-refractivity contribution in [3.63, 3.8) is 0 Å². The molecule has 3 heterocycles. The van der Waals surface area contributed by atoms with Gasteiger partial charge in [-0.1, -0.05) is 43.0 Å². The van der Waals surface area contributed by atoms with E-state index in [1.165, 1.54) is 52.7 Å². The largest absolute Gasteiger partial charge is 0.379 e. The van der Waals surface area contributed by atoms with Gasteiger partial charge >= 0.3 is 0 Å².